The molecule has 1 nitrogen and oxygen atoms in total. The summed E-state index contributed by atoms with van der Waals surface area (Å²) in [5.74, 6) is 0. The Morgan fingerprint density at radius 3 is 1.61 bits per heavy atom. The molecule has 0 N–H and O–H groups in total. The van der Waals surface area contributed by atoms with E-state index in [-0.39, 0.29) is 0 Å². The second kappa shape index (κ2) is 6.62. The smallest absolute Gasteiger partial charge is 0.181 e. The van der Waals surface area contributed by atoms with Crippen molar-refractivity contribution in [3.63, 3.8) is 0 Å². The molecule has 0 bridgehead atoms. The van der Waals surface area contributed by atoms with Gasteiger partial charge in [0.15, 0.2) is 7.14 Å². The Morgan fingerprint density at radius 1 is 0.739 bits per heavy atom. The first kappa shape index (κ1) is 15.9. The third-order valence-corrected chi connectivity index (χ3v) is 7.71. The molecule has 0 heterocycles. The standard InChI is InChI=1S/C20H17OPS/c1-16-12-14-17(15-13-16)20(23)22(21,18-8-4-2-5-9-18)19-10-6-3-7-11-19/h2-15H,1H3. The van der Waals surface area contributed by atoms with Gasteiger partial charge in [-0.2, -0.15) is 0 Å². The maximum atomic E-state index is 14.1. The zero-order chi connectivity index (χ0) is 16.3. The fourth-order valence-electron chi connectivity index (χ4n) is 2.54. The van der Waals surface area contributed by atoms with Gasteiger partial charge in [-0.15, -0.1) is 0 Å². The van der Waals surface area contributed by atoms with Gasteiger partial charge in [0.1, 0.15) is 0 Å². The largest absolute Gasteiger partial charge is 0.308 e. The first-order chi connectivity index (χ1) is 11.1. The molecule has 3 aromatic carbocycles. The molecule has 0 aliphatic rings. The summed E-state index contributed by atoms with van der Waals surface area (Å²) in [4.78, 5) is 0. The van der Waals surface area contributed by atoms with Crippen LogP contribution in [0.2, 0.25) is 0 Å². The lowest BCUT2D eigenvalue weighted by atomic mass is 10.2. The van der Waals surface area contributed by atoms with Crippen molar-refractivity contribution in [2.24, 2.45) is 0 Å². The predicted octanol–water partition coefficient (Wildman–Crippen LogP) is 4.68. The minimum atomic E-state index is -3.02. The lowest BCUT2D eigenvalue weighted by molar-refractivity contribution is 0.594. The summed E-state index contributed by atoms with van der Waals surface area (Å²) in [6, 6.07) is 27.0. The minimum Gasteiger partial charge on any atom is -0.308 e. The van der Waals surface area contributed by atoms with Crippen molar-refractivity contribution in [3.8, 4) is 0 Å². The van der Waals surface area contributed by atoms with Crippen LogP contribution >= 0.6 is 19.4 Å². The molecular weight excluding hydrogens is 319 g/mol. The fraction of sp³-hybridized carbons (Fsp3) is 0.0500. The first-order valence-electron chi connectivity index (χ1n) is 7.45. The molecule has 0 aliphatic carbocycles. The quantitative estimate of drug-likeness (QED) is 0.508. The van der Waals surface area contributed by atoms with E-state index < -0.39 is 7.14 Å². The number of aryl methyl sites for hydroxylation is 1. The van der Waals surface area contributed by atoms with Gasteiger partial charge in [-0.3, -0.25) is 0 Å². The summed E-state index contributed by atoms with van der Waals surface area (Å²) < 4.78 is 14.6. The van der Waals surface area contributed by atoms with Gasteiger partial charge < -0.3 is 4.57 Å². The van der Waals surface area contributed by atoms with E-state index in [4.69, 9.17) is 12.2 Å². The van der Waals surface area contributed by atoms with Crippen LogP contribution in [-0.4, -0.2) is 4.61 Å². The highest BCUT2D eigenvalue weighted by molar-refractivity contribution is 8.08. The normalized spacial score (nSPS) is 11.2. The van der Waals surface area contributed by atoms with Crippen molar-refractivity contribution in [3.05, 3.63) is 96.1 Å². The summed E-state index contributed by atoms with van der Waals surface area (Å²) >= 11 is 5.70. The maximum absolute atomic E-state index is 14.1. The molecule has 0 aromatic heterocycles. The number of hydrogen-bond donors (Lipinski definition) is 0. The van der Waals surface area contributed by atoms with E-state index in [2.05, 4.69) is 0 Å². The Kier molecular flexibility index (Phi) is 4.56. The van der Waals surface area contributed by atoms with Crippen molar-refractivity contribution < 1.29 is 4.57 Å². The predicted molar refractivity (Wildman–Crippen MR) is 103 cm³/mol. The molecule has 0 aliphatic heterocycles. The molecule has 0 amide bonds. The van der Waals surface area contributed by atoms with Crippen molar-refractivity contribution in [2.45, 2.75) is 6.92 Å². The first-order valence-corrected chi connectivity index (χ1v) is 9.57. The summed E-state index contributed by atoms with van der Waals surface area (Å²) in [6.07, 6.45) is 0. The molecule has 114 valence electrons. The molecule has 0 spiro atoms. The van der Waals surface area contributed by atoms with E-state index >= 15 is 0 Å². The zero-order valence-electron chi connectivity index (χ0n) is 12.8. The van der Waals surface area contributed by atoms with Crippen LogP contribution in [0.3, 0.4) is 0 Å². The van der Waals surface area contributed by atoms with Crippen LogP contribution in [-0.2, 0) is 4.57 Å². The lowest BCUT2D eigenvalue weighted by Gasteiger charge is -2.20. The molecule has 23 heavy (non-hydrogen) atoms. The van der Waals surface area contributed by atoms with Gasteiger partial charge in [-0.25, -0.2) is 0 Å². The summed E-state index contributed by atoms with van der Waals surface area (Å²) in [7, 11) is -3.02. The molecule has 0 atom stereocenters. The van der Waals surface area contributed by atoms with E-state index in [0.29, 0.717) is 4.61 Å². The molecule has 0 unspecified atom stereocenters. The summed E-state index contributed by atoms with van der Waals surface area (Å²) in [6.45, 7) is 2.03. The van der Waals surface area contributed by atoms with Gasteiger partial charge in [-0.05, 0) is 12.5 Å². The van der Waals surface area contributed by atoms with Crippen molar-refractivity contribution >= 4 is 34.6 Å². The van der Waals surface area contributed by atoms with E-state index in [1.807, 2.05) is 91.9 Å². The molecule has 3 rings (SSSR count). The van der Waals surface area contributed by atoms with Crippen LogP contribution in [0, 0.1) is 6.92 Å². The maximum Gasteiger partial charge on any atom is 0.181 e. The van der Waals surface area contributed by atoms with Gasteiger partial charge in [0.05, 0.1) is 4.61 Å². The van der Waals surface area contributed by atoms with Crippen LogP contribution in [0.4, 0.5) is 0 Å². The van der Waals surface area contributed by atoms with Gasteiger partial charge in [-0.1, -0.05) is 103 Å². The highest BCUT2D eigenvalue weighted by atomic mass is 32.1. The van der Waals surface area contributed by atoms with Crippen LogP contribution in [0.15, 0.2) is 84.9 Å². The Hall–Kier alpha value is -2.02. The third-order valence-electron chi connectivity index (χ3n) is 3.82. The minimum absolute atomic E-state index is 0.509. The molecular formula is C20H17OPS. The van der Waals surface area contributed by atoms with Gasteiger partial charge >= 0.3 is 0 Å². The monoisotopic (exact) mass is 336 g/mol. The molecule has 0 radical (unpaired) electrons. The number of benzene rings is 3. The van der Waals surface area contributed by atoms with Crippen LogP contribution in [0.1, 0.15) is 11.1 Å². The average Bonchev–Trinajstić information content (AvgIpc) is 2.62. The van der Waals surface area contributed by atoms with Gasteiger partial charge in [0.2, 0.25) is 0 Å². The van der Waals surface area contributed by atoms with Crippen LogP contribution in [0.5, 0.6) is 0 Å². The molecule has 0 fully saturated rings. The Bertz CT molecular complexity index is 812. The summed E-state index contributed by atoms with van der Waals surface area (Å²) in [5, 5.41) is 1.55. The highest BCUT2D eigenvalue weighted by Crippen LogP contribution is 2.47. The second-order valence-corrected chi connectivity index (χ2v) is 8.86. The molecule has 0 saturated heterocycles. The van der Waals surface area contributed by atoms with Crippen LogP contribution in [0.25, 0.3) is 0 Å². The van der Waals surface area contributed by atoms with Gasteiger partial charge in [0, 0.05) is 10.6 Å². The highest BCUT2D eigenvalue weighted by Gasteiger charge is 2.32. The molecule has 0 saturated carbocycles. The lowest BCUT2D eigenvalue weighted by Crippen LogP contribution is -2.22. The molecule has 3 heteroatoms. The average molecular weight is 336 g/mol. The van der Waals surface area contributed by atoms with Gasteiger partial charge in [0.25, 0.3) is 0 Å². The number of thiocarbonyl (C=S) groups is 1. The SMILES string of the molecule is Cc1ccc(C(=S)P(=O)(c2ccccc2)c2ccccc2)cc1. The number of rotatable bonds is 4. The van der Waals surface area contributed by atoms with Crippen LogP contribution < -0.4 is 10.6 Å². The van der Waals surface area contributed by atoms with Crippen molar-refractivity contribution in [2.75, 3.05) is 0 Å². The number of hydrogen-bond acceptors (Lipinski definition) is 2. The Balaban J connectivity index is 2.19. The fourth-order valence-corrected chi connectivity index (χ4v) is 5.77. The van der Waals surface area contributed by atoms with E-state index in [0.717, 1.165) is 21.7 Å². The second-order valence-electron chi connectivity index (χ2n) is 5.45. The van der Waals surface area contributed by atoms with Crippen molar-refractivity contribution in [1.82, 2.24) is 0 Å². The third kappa shape index (κ3) is 3.06. The summed E-state index contributed by atoms with van der Waals surface area (Å²) in [5.41, 5.74) is 2.01. The topological polar surface area (TPSA) is 17.1 Å². The van der Waals surface area contributed by atoms with Crippen molar-refractivity contribution in [1.29, 1.82) is 0 Å². The Morgan fingerprint density at radius 2 is 1.17 bits per heavy atom. The van der Waals surface area contributed by atoms with E-state index in [9.17, 15) is 4.57 Å². The molecule has 3 aromatic rings. The van der Waals surface area contributed by atoms with E-state index in [1.54, 1.807) is 0 Å². The zero-order valence-corrected chi connectivity index (χ0v) is 14.6. The Labute approximate surface area is 142 Å². The van der Waals surface area contributed by atoms with E-state index in [1.165, 1.54) is 0 Å².